The van der Waals surface area contributed by atoms with Crippen molar-refractivity contribution in [2.75, 3.05) is 7.11 Å². The monoisotopic (exact) mass is 271 g/mol. The van der Waals surface area contributed by atoms with Gasteiger partial charge in [-0.1, -0.05) is 34.1 Å². The highest BCUT2D eigenvalue weighted by Gasteiger charge is 2.57. The van der Waals surface area contributed by atoms with E-state index in [9.17, 15) is 9.18 Å². The molecule has 0 N–H and O–H groups in total. The molecule has 1 aliphatic rings. The molecular formula is C10H7BrFNO2. The number of carbonyl (C=O) groups is 1. The lowest BCUT2D eigenvalue weighted by molar-refractivity contribution is -0.147. The highest BCUT2D eigenvalue weighted by atomic mass is 79.9. The number of hydrogen-bond donors (Lipinski definition) is 0. The molecule has 0 bridgehead atoms. The fourth-order valence-electron chi connectivity index (χ4n) is 1.30. The summed E-state index contributed by atoms with van der Waals surface area (Å²) in [6.07, 6.45) is 0. The van der Waals surface area contributed by atoms with Crippen LogP contribution < -0.4 is 0 Å². The van der Waals surface area contributed by atoms with Crippen LogP contribution >= 0.6 is 15.9 Å². The molecule has 0 spiro atoms. The number of benzene rings is 1. The summed E-state index contributed by atoms with van der Waals surface area (Å²) >= 11 is 3.26. The first kappa shape index (κ1) is 10.3. The Morgan fingerprint density at radius 1 is 1.53 bits per heavy atom. The zero-order valence-electron chi connectivity index (χ0n) is 7.83. The number of esters is 1. The summed E-state index contributed by atoms with van der Waals surface area (Å²) in [4.78, 5) is 14.6. The Morgan fingerprint density at radius 2 is 2.20 bits per heavy atom. The molecular weight excluding hydrogens is 265 g/mol. The summed E-state index contributed by atoms with van der Waals surface area (Å²) in [5, 5.41) is 0. The molecule has 1 aromatic carbocycles. The van der Waals surface area contributed by atoms with Gasteiger partial charge in [-0.3, -0.25) is 0 Å². The van der Waals surface area contributed by atoms with Crippen LogP contribution in [0.3, 0.4) is 0 Å². The first-order valence-electron chi connectivity index (χ1n) is 4.22. The largest absolute Gasteiger partial charge is 0.465 e. The minimum atomic E-state index is -2.28. The third-order valence-electron chi connectivity index (χ3n) is 2.11. The molecule has 1 aromatic rings. The minimum Gasteiger partial charge on any atom is -0.465 e. The zero-order chi connectivity index (χ0) is 11.1. The van der Waals surface area contributed by atoms with Gasteiger partial charge in [-0.25, -0.2) is 9.79 Å². The fraction of sp³-hybridized carbons (Fsp3) is 0.200. The molecule has 2 rings (SSSR count). The smallest absolute Gasteiger partial charge is 0.373 e. The molecule has 1 aliphatic heterocycles. The SMILES string of the molecule is COC(=O)C1(F)N=C1c1ccccc1Br. The Morgan fingerprint density at radius 3 is 2.80 bits per heavy atom. The van der Waals surface area contributed by atoms with Crippen molar-refractivity contribution in [3.63, 3.8) is 0 Å². The van der Waals surface area contributed by atoms with Crippen LogP contribution in [0.5, 0.6) is 0 Å². The number of hydrogen-bond acceptors (Lipinski definition) is 3. The number of alkyl halides is 1. The van der Waals surface area contributed by atoms with Crippen LogP contribution in [0.4, 0.5) is 4.39 Å². The van der Waals surface area contributed by atoms with E-state index in [0.29, 0.717) is 10.0 Å². The van der Waals surface area contributed by atoms with Gasteiger partial charge in [0.05, 0.1) is 7.11 Å². The van der Waals surface area contributed by atoms with E-state index >= 15 is 0 Å². The van der Waals surface area contributed by atoms with Crippen LogP contribution in [0, 0.1) is 0 Å². The lowest BCUT2D eigenvalue weighted by atomic mass is 10.1. The van der Waals surface area contributed by atoms with Gasteiger partial charge in [0.15, 0.2) is 0 Å². The number of aliphatic imine (C=N–C) groups is 1. The number of halogens is 2. The van der Waals surface area contributed by atoms with Gasteiger partial charge in [0.2, 0.25) is 0 Å². The Labute approximate surface area is 94.1 Å². The highest BCUT2D eigenvalue weighted by molar-refractivity contribution is 9.10. The molecule has 1 unspecified atom stereocenters. The van der Waals surface area contributed by atoms with Gasteiger partial charge in [-0.2, -0.15) is 4.39 Å². The van der Waals surface area contributed by atoms with Gasteiger partial charge in [-0.15, -0.1) is 0 Å². The normalized spacial score (nSPS) is 23.3. The van der Waals surface area contributed by atoms with E-state index in [1.165, 1.54) is 0 Å². The molecule has 0 saturated heterocycles. The van der Waals surface area contributed by atoms with Crippen LogP contribution in [-0.4, -0.2) is 24.6 Å². The van der Waals surface area contributed by atoms with E-state index in [1.807, 2.05) is 0 Å². The second-order valence-electron chi connectivity index (χ2n) is 3.05. The first-order chi connectivity index (χ1) is 7.09. The maximum absolute atomic E-state index is 13.7. The quantitative estimate of drug-likeness (QED) is 0.610. The van der Waals surface area contributed by atoms with Crippen molar-refractivity contribution in [2.45, 2.75) is 5.79 Å². The third kappa shape index (κ3) is 1.56. The van der Waals surface area contributed by atoms with Crippen LogP contribution in [0.1, 0.15) is 5.56 Å². The Kier molecular flexibility index (Phi) is 2.34. The number of rotatable bonds is 2. The van der Waals surface area contributed by atoms with E-state index in [4.69, 9.17) is 0 Å². The summed E-state index contributed by atoms with van der Waals surface area (Å²) in [6.45, 7) is 0. The molecule has 0 radical (unpaired) electrons. The summed E-state index contributed by atoms with van der Waals surface area (Å²) in [5.41, 5.74) is 0.687. The van der Waals surface area contributed by atoms with Gasteiger partial charge < -0.3 is 4.74 Å². The fourth-order valence-corrected chi connectivity index (χ4v) is 1.77. The molecule has 15 heavy (non-hydrogen) atoms. The molecule has 1 heterocycles. The van der Waals surface area contributed by atoms with Crippen molar-refractivity contribution in [3.8, 4) is 0 Å². The molecule has 1 atom stereocenters. The van der Waals surface area contributed by atoms with Gasteiger partial charge >= 0.3 is 11.8 Å². The topological polar surface area (TPSA) is 38.7 Å². The lowest BCUT2D eigenvalue weighted by Gasteiger charge is -2.03. The molecule has 78 valence electrons. The molecule has 0 saturated carbocycles. The minimum absolute atomic E-state index is 0.113. The van der Waals surface area contributed by atoms with Crippen LogP contribution in [0.25, 0.3) is 0 Å². The third-order valence-corrected chi connectivity index (χ3v) is 2.81. The molecule has 3 nitrogen and oxygen atoms in total. The number of methoxy groups -OCH3 is 1. The van der Waals surface area contributed by atoms with Gasteiger partial charge in [0, 0.05) is 10.0 Å². The van der Waals surface area contributed by atoms with Gasteiger partial charge in [0.25, 0.3) is 0 Å². The predicted octanol–water partition coefficient (Wildman–Crippen LogP) is 2.09. The zero-order valence-corrected chi connectivity index (χ0v) is 9.42. The van der Waals surface area contributed by atoms with Crippen LogP contribution in [-0.2, 0) is 9.53 Å². The van der Waals surface area contributed by atoms with E-state index < -0.39 is 11.8 Å². The summed E-state index contributed by atoms with van der Waals surface area (Å²) in [5.74, 6) is -3.26. The van der Waals surface area contributed by atoms with Gasteiger partial charge in [-0.05, 0) is 6.07 Å². The Balaban J connectivity index is 2.28. The van der Waals surface area contributed by atoms with Crippen molar-refractivity contribution >= 4 is 27.6 Å². The van der Waals surface area contributed by atoms with Crippen molar-refractivity contribution < 1.29 is 13.9 Å². The molecule has 0 aromatic heterocycles. The lowest BCUT2D eigenvalue weighted by Crippen LogP contribution is -2.26. The summed E-state index contributed by atoms with van der Waals surface area (Å²) < 4.78 is 18.8. The van der Waals surface area contributed by atoms with Crippen molar-refractivity contribution in [1.82, 2.24) is 0 Å². The molecule has 0 amide bonds. The second-order valence-corrected chi connectivity index (χ2v) is 3.91. The van der Waals surface area contributed by atoms with Crippen molar-refractivity contribution in [3.05, 3.63) is 34.3 Å². The Bertz CT molecular complexity index is 460. The van der Waals surface area contributed by atoms with E-state index in [0.717, 1.165) is 7.11 Å². The molecule has 0 fully saturated rings. The first-order valence-corrected chi connectivity index (χ1v) is 5.01. The van der Waals surface area contributed by atoms with E-state index in [1.54, 1.807) is 24.3 Å². The number of ether oxygens (including phenoxy) is 1. The Hall–Kier alpha value is -1.23. The van der Waals surface area contributed by atoms with E-state index in [2.05, 4.69) is 25.7 Å². The molecule has 0 aliphatic carbocycles. The van der Waals surface area contributed by atoms with Crippen molar-refractivity contribution in [1.29, 1.82) is 0 Å². The number of nitrogens with zero attached hydrogens (tertiary/aromatic N) is 1. The highest BCUT2D eigenvalue weighted by Crippen LogP contribution is 2.37. The molecule has 5 heteroatoms. The number of carbonyl (C=O) groups excluding carboxylic acids is 1. The average Bonchev–Trinajstić information content (AvgIpc) is 2.91. The van der Waals surface area contributed by atoms with Crippen LogP contribution in [0.2, 0.25) is 0 Å². The maximum atomic E-state index is 13.7. The van der Waals surface area contributed by atoms with E-state index in [-0.39, 0.29) is 5.71 Å². The standard InChI is InChI=1S/C10H7BrFNO2/c1-15-9(14)10(12)8(13-10)6-4-2-3-5-7(6)11/h2-5H,1H3. The van der Waals surface area contributed by atoms with Crippen LogP contribution in [0.15, 0.2) is 33.7 Å². The average molecular weight is 272 g/mol. The van der Waals surface area contributed by atoms with Gasteiger partial charge in [0.1, 0.15) is 5.71 Å². The summed E-state index contributed by atoms with van der Waals surface area (Å²) in [6, 6.07) is 6.99. The second kappa shape index (κ2) is 3.41. The maximum Gasteiger partial charge on any atom is 0.373 e. The summed E-state index contributed by atoms with van der Waals surface area (Å²) in [7, 11) is 1.13. The van der Waals surface area contributed by atoms with Crippen molar-refractivity contribution in [2.24, 2.45) is 4.99 Å². The predicted molar refractivity (Wildman–Crippen MR) is 56.5 cm³/mol.